The number of hydrogen-bond donors (Lipinski definition) is 0. The fraction of sp³-hybridized carbons (Fsp3) is 0.414. The van der Waals surface area contributed by atoms with Gasteiger partial charge in [-0.2, -0.15) is 0 Å². The third-order valence-corrected chi connectivity index (χ3v) is 7.50. The minimum absolute atomic E-state index is 0.154. The second-order valence-electron chi connectivity index (χ2n) is 10.4. The van der Waals surface area contributed by atoms with Crippen LogP contribution in [0.25, 0.3) is 0 Å². The van der Waals surface area contributed by atoms with Gasteiger partial charge in [0.1, 0.15) is 17.9 Å². The Balaban J connectivity index is 1.45. The number of anilines is 1. The SMILES string of the molecule is CCOC(=O)[C@H]1[C@@H]2C(=O)N(c3ccccc3)C(=O)[C@@H]2[C@H](C2=C[C@H]3OC(C)(C)O[C@H]3O2)N1Cc1ccccc1. The van der Waals surface area contributed by atoms with Gasteiger partial charge in [-0.1, -0.05) is 48.5 Å². The first-order valence-corrected chi connectivity index (χ1v) is 12.9. The molecule has 0 N–H and O–H groups in total. The Morgan fingerprint density at radius 2 is 1.61 bits per heavy atom. The Morgan fingerprint density at radius 3 is 2.26 bits per heavy atom. The predicted molar refractivity (Wildman–Crippen MR) is 135 cm³/mol. The molecular weight excluding hydrogens is 488 g/mol. The third-order valence-electron chi connectivity index (χ3n) is 7.50. The number of para-hydroxylation sites is 1. The molecule has 38 heavy (non-hydrogen) atoms. The lowest BCUT2D eigenvalue weighted by Gasteiger charge is -2.33. The maximum atomic E-state index is 14.0. The van der Waals surface area contributed by atoms with Crippen molar-refractivity contribution in [2.75, 3.05) is 11.5 Å². The molecule has 9 nitrogen and oxygen atoms in total. The maximum Gasteiger partial charge on any atom is 0.324 e. The smallest absolute Gasteiger partial charge is 0.324 e. The molecule has 0 aromatic heterocycles. The molecule has 6 rings (SSSR count). The number of ether oxygens (including phenoxy) is 4. The number of benzene rings is 2. The molecular formula is C29H30N2O7. The topological polar surface area (TPSA) is 94.6 Å². The molecule has 3 fully saturated rings. The number of fused-ring (bicyclic) bond motifs is 2. The Bertz CT molecular complexity index is 1280. The molecule has 0 unspecified atom stereocenters. The van der Waals surface area contributed by atoms with Gasteiger partial charge in [-0.05, 0) is 44.5 Å². The third kappa shape index (κ3) is 4.02. The molecule has 198 valence electrons. The van der Waals surface area contributed by atoms with Crippen LogP contribution in [0.4, 0.5) is 5.69 Å². The number of likely N-dealkylation sites (tertiary alicyclic amines) is 1. The van der Waals surface area contributed by atoms with Crippen LogP contribution < -0.4 is 4.90 Å². The van der Waals surface area contributed by atoms with Crippen molar-refractivity contribution in [2.45, 2.75) is 57.6 Å². The molecule has 2 aromatic rings. The van der Waals surface area contributed by atoms with Gasteiger partial charge in [0.2, 0.25) is 18.1 Å². The minimum Gasteiger partial charge on any atom is -0.465 e. The fourth-order valence-electron chi connectivity index (χ4n) is 6.10. The molecule has 0 aliphatic carbocycles. The predicted octanol–water partition coefficient (Wildman–Crippen LogP) is 3.00. The van der Waals surface area contributed by atoms with Crippen LogP contribution in [0.5, 0.6) is 0 Å². The molecule has 2 amide bonds. The number of hydrogen-bond acceptors (Lipinski definition) is 8. The highest BCUT2D eigenvalue weighted by atomic mass is 16.8. The molecule has 9 heteroatoms. The zero-order chi connectivity index (χ0) is 26.6. The van der Waals surface area contributed by atoms with E-state index in [1.54, 1.807) is 31.2 Å². The molecule has 2 aromatic carbocycles. The molecule has 0 radical (unpaired) electrons. The van der Waals surface area contributed by atoms with Gasteiger partial charge in [0, 0.05) is 6.54 Å². The molecule has 4 heterocycles. The zero-order valence-electron chi connectivity index (χ0n) is 21.5. The lowest BCUT2D eigenvalue weighted by atomic mass is 9.88. The summed E-state index contributed by atoms with van der Waals surface area (Å²) >= 11 is 0. The summed E-state index contributed by atoms with van der Waals surface area (Å²) in [4.78, 5) is 44.5. The monoisotopic (exact) mass is 518 g/mol. The van der Waals surface area contributed by atoms with E-state index in [0.717, 1.165) is 5.56 Å². The van der Waals surface area contributed by atoms with Crippen molar-refractivity contribution in [2.24, 2.45) is 11.8 Å². The molecule has 4 aliphatic rings. The van der Waals surface area contributed by atoms with Gasteiger partial charge in [-0.15, -0.1) is 0 Å². The number of carbonyl (C=O) groups excluding carboxylic acids is 3. The first-order chi connectivity index (χ1) is 18.3. The van der Waals surface area contributed by atoms with Gasteiger partial charge in [-0.25, -0.2) is 4.90 Å². The van der Waals surface area contributed by atoms with Crippen LogP contribution in [-0.2, 0) is 39.9 Å². The molecule has 0 saturated carbocycles. The van der Waals surface area contributed by atoms with Gasteiger partial charge >= 0.3 is 5.97 Å². The van der Waals surface area contributed by atoms with Crippen LogP contribution in [0, 0.1) is 11.8 Å². The van der Waals surface area contributed by atoms with Crippen molar-refractivity contribution in [3.63, 3.8) is 0 Å². The van der Waals surface area contributed by atoms with Crippen molar-refractivity contribution in [1.82, 2.24) is 4.90 Å². The molecule has 6 atom stereocenters. The lowest BCUT2D eigenvalue weighted by molar-refractivity contribution is -0.184. The van der Waals surface area contributed by atoms with Crippen molar-refractivity contribution in [3.05, 3.63) is 78.1 Å². The summed E-state index contributed by atoms with van der Waals surface area (Å²) in [5.74, 6) is -3.45. The molecule has 0 spiro atoms. The van der Waals surface area contributed by atoms with E-state index in [9.17, 15) is 14.4 Å². The highest BCUT2D eigenvalue weighted by Gasteiger charge is 2.66. The van der Waals surface area contributed by atoms with Crippen LogP contribution in [0.2, 0.25) is 0 Å². The quantitative estimate of drug-likeness (QED) is 0.426. The summed E-state index contributed by atoms with van der Waals surface area (Å²) in [7, 11) is 0. The second kappa shape index (κ2) is 9.34. The van der Waals surface area contributed by atoms with E-state index in [1.165, 1.54) is 4.90 Å². The van der Waals surface area contributed by atoms with E-state index in [4.69, 9.17) is 18.9 Å². The van der Waals surface area contributed by atoms with Crippen LogP contribution in [0.1, 0.15) is 26.3 Å². The van der Waals surface area contributed by atoms with Gasteiger partial charge in [-0.3, -0.25) is 19.3 Å². The first kappa shape index (κ1) is 24.8. The average Bonchev–Trinajstić information content (AvgIpc) is 3.57. The number of nitrogens with zero attached hydrogens (tertiary/aromatic N) is 2. The number of esters is 1. The summed E-state index contributed by atoms with van der Waals surface area (Å²) in [5, 5.41) is 0. The van der Waals surface area contributed by atoms with E-state index >= 15 is 0 Å². The first-order valence-electron chi connectivity index (χ1n) is 12.9. The van der Waals surface area contributed by atoms with Crippen LogP contribution in [0.3, 0.4) is 0 Å². The number of amides is 2. The van der Waals surface area contributed by atoms with Gasteiger partial charge in [0.15, 0.2) is 5.79 Å². The minimum atomic E-state index is -0.974. The maximum absolute atomic E-state index is 14.0. The molecule has 0 bridgehead atoms. The van der Waals surface area contributed by atoms with E-state index in [-0.39, 0.29) is 12.5 Å². The Labute approximate surface area is 220 Å². The zero-order valence-corrected chi connectivity index (χ0v) is 21.5. The Hall–Kier alpha value is -3.53. The van der Waals surface area contributed by atoms with Crippen molar-refractivity contribution in [3.8, 4) is 0 Å². The Kier molecular flexibility index (Phi) is 6.09. The van der Waals surface area contributed by atoms with Gasteiger partial charge in [0.25, 0.3) is 0 Å². The van der Waals surface area contributed by atoms with E-state index in [0.29, 0.717) is 18.0 Å². The molecule has 3 saturated heterocycles. The summed E-state index contributed by atoms with van der Waals surface area (Å²) in [5.41, 5.74) is 1.40. The van der Waals surface area contributed by atoms with Crippen LogP contribution in [-0.4, -0.2) is 59.6 Å². The highest BCUT2D eigenvalue weighted by molar-refractivity contribution is 6.23. The molecule has 4 aliphatic heterocycles. The van der Waals surface area contributed by atoms with Crippen molar-refractivity contribution < 1.29 is 33.3 Å². The fourth-order valence-corrected chi connectivity index (χ4v) is 6.10. The van der Waals surface area contributed by atoms with Crippen LogP contribution >= 0.6 is 0 Å². The Morgan fingerprint density at radius 1 is 0.947 bits per heavy atom. The lowest BCUT2D eigenvalue weighted by Crippen LogP contribution is -2.49. The average molecular weight is 519 g/mol. The van der Waals surface area contributed by atoms with E-state index in [2.05, 4.69) is 0 Å². The largest absolute Gasteiger partial charge is 0.465 e. The van der Waals surface area contributed by atoms with Crippen molar-refractivity contribution >= 4 is 23.5 Å². The summed E-state index contributed by atoms with van der Waals surface area (Å²) < 4.78 is 23.6. The number of imide groups is 1. The van der Waals surface area contributed by atoms with E-state index in [1.807, 2.05) is 61.2 Å². The second-order valence-corrected chi connectivity index (χ2v) is 10.4. The normalized spacial score (nSPS) is 31.7. The van der Waals surface area contributed by atoms with Gasteiger partial charge < -0.3 is 18.9 Å². The van der Waals surface area contributed by atoms with Gasteiger partial charge in [0.05, 0.1) is 30.2 Å². The van der Waals surface area contributed by atoms with Crippen LogP contribution in [0.15, 0.2) is 72.5 Å². The summed E-state index contributed by atoms with van der Waals surface area (Å²) in [6.45, 7) is 5.81. The van der Waals surface area contributed by atoms with Crippen molar-refractivity contribution in [1.29, 1.82) is 0 Å². The number of rotatable bonds is 6. The summed E-state index contributed by atoms with van der Waals surface area (Å²) in [6, 6.07) is 16.7. The standard InChI is InChI=1S/C29H30N2O7/c1-4-35-27(34)24-22-21(25(32)31(26(22)33)18-13-9-6-10-14-18)23(30(24)16-17-11-7-5-8-12-17)19-15-20-28(36-19)38-29(2,3)37-20/h5-15,20-24,28H,4,16H2,1-3H3/t20-,21+,22-,23+,24-,28-/m1/s1. The van der Waals surface area contributed by atoms with E-state index < -0.39 is 54.0 Å². The number of carbonyl (C=O) groups is 3. The highest BCUT2D eigenvalue weighted by Crippen LogP contribution is 2.49. The summed E-state index contributed by atoms with van der Waals surface area (Å²) in [6.07, 6.45) is 0.683.